The molecule has 2 rings (SSSR count). The minimum Gasteiger partial charge on any atom is -0.206 e. The van der Waals surface area contributed by atoms with Crippen LogP contribution in [0.15, 0.2) is 30.4 Å². The first-order valence-electron chi connectivity index (χ1n) is 7.08. The molecule has 114 valence electrons. The third-order valence-corrected chi connectivity index (χ3v) is 3.98. The normalized spacial score (nSPS) is 17.3. The fraction of sp³-hybridized carbons (Fsp3) is 0.412. The molecule has 0 unspecified atom stereocenters. The second-order valence-electron chi connectivity index (χ2n) is 5.31. The van der Waals surface area contributed by atoms with Crippen LogP contribution in [0.2, 0.25) is 0 Å². The van der Waals surface area contributed by atoms with Crippen molar-refractivity contribution in [1.82, 2.24) is 0 Å². The molecule has 1 saturated carbocycles. The summed E-state index contributed by atoms with van der Waals surface area (Å²) >= 11 is 0. The minimum absolute atomic E-state index is 0.263. The van der Waals surface area contributed by atoms with Crippen LogP contribution in [0, 0.1) is 17.6 Å². The van der Waals surface area contributed by atoms with E-state index in [1.807, 2.05) is 0 Å². The molecule has 1 fully saturated rings. The second kappa shape index (κ2) is 6.04. The van der Waals surface area contributed by atoms with Crippen molar-refractivity contribution in [2.45, 2.75) is 39.0 Å². The van der Waals surface area contributed by atoms with Crippen LogP contribution in [-0.4, -0.2) is 0 Å². The predicted molar refractivity (Wildman–Crippen MR) is 76.1 cm³/mol. The fourth-order valence-electron chi connectivity index (χ4n) is 2.57. The van der Waals surface area contributed by atoms with Gasteiger partial charge in [0.25, 0.3) is 5.92 Å². The van der Waals surface area contributed by atoms with Gasteiger partial charge in [0.2, 0.25) is 0 Å². The van der Waals surface area contributed by atoms with E-state index in [4.69, 9.17) is 0 Å². The maximum absolute atomic E-state index is 14.2. The van der Waals surface area contributed by atoms with E-state index in [2.05, 4.69) is 0 Å². The molecular formula is C17H18F4. The maximum atomic E-state index is 14.2. The molecule has 0 amide bonds. The summed E-state index contributed by atoms with van der Waals surface area (Å²) in [6.45, 7) is 3.50. The fourth-order valence-corrected chi connectivity index (χ4v) is 2.57. The van der Waals surface area contributed by atoms with Crippen molar-refractivity contribution in [2.24, 2.45) is 5.92 Å². The summed E-state index contributed by atoms with van der Waals surface area (Å²) < 4.78 is 56.5. The van der Waals surface area contributed by atoms with Gasteiger partial charge in [-0.05, 0) is 50.0 Å². The Balaban J connectivity index is 2.47. The molecule has 0 radical (unpaired) electrons. The van der Waals surface area contributed by atoms with Crippen molar-refractivity contribution >= 4 is 5.57 Å². The number of alkyl halides is 2. The maximum Gasteiger partial charge on any atom is 0.281 e. The molecule has 1 aromatic rings. The topological polar surface area (TPSA) is 0 Å². The number of hydrogen-bond donors (Lipinski definition) is 0. The number of rotatable bonds is 4. The zero-order chi connectivity index (χ0) is 15.6. The Morgan fingerprint density at radius 3 is 2.10 bits per heavy atom. The number of hydrogen-bond acceptors (Lipinski definition) is 0. The van der Waals surface area contributed by atoms with Crippen molar-refractivity contribution in [1.29, 1.82) is 0 Å². The van der Waals surface area contributed by atoms with Gasteiger partial charge in [-0.25, -0.2) is 17.6 Å². The molecule has 0 nitrogen and oxygen atoms in total. The molecule has 0 saturated heterocycles. The van der Waals surface area contributed by atoms with Gasteiger partial charge in [-0.2, -0.15) is 0 Å². The molecule has 0 spiro atoms. The van der Waals surface area contributed by atoms with Crippen molar-refractivity contribution in [3.05, 3.63) is 53.1 Å². The number of halogens is 4. The van der Waals surface area contributed by atoms with E-state index in [0.717, 1.165) is 12.1 Å². The first-order valence-corrected chi connectivity index (χ1v) is 7.08. The van der Waals surface area contributed by atoms with Gasteiger partial charge in [-0.15, -0.1) is 0 Å². The lowest BCUT2D eigenvalue weighted by molar-refractivity contribution is -0.0992. The smallest absolute Gasteiger partial charge is 0.206 e. The van der Waals surface area contributed by atoms with E-state index >= 15 is 0 Å². The van der Waals surface area contributed by atoms with Gasteiger partial charge in [0, 0.05) is 5.92 Å². The van der Waals surface area contributed by atoms with Gasteiger partial charge < -0.3 is 0 Å². The summed E-state index contributed by atoms with van der Waals surface area (Å²) in [5.41, 5.74) is -0.237. The summed E-state index contributed by atoms with van der Waals surface area (Å²) in [7, 11) is 0. The molecular weight excluding hydrogens is 280 g/mol. The number of benzene rings is 1. The van der Waals surface area contributed by atoms with Crippen LogP contribution < -0.4 is 0 Å². The highest BCUT2D eigenvalue weighted by Crippen LogP contribution is 2.48. The van der Waals surface area contributed by atoms with Crippen LogP contribution in [0.5, 0.6) is 0 Å². The van der Waals surface area contributed by atoms with Gasteiger partial charge in [-0.3, -0.25) is 0 Å². The zero-order valence-electron chi connectivity index (χ0n) is 12.1. The third kappa shape index (κ3) is 2.89. The average Bonchev–Trinajstić information content (AvgIpc) is 2.31. The lowest BCUT2D eigenvalue weighted by atomic mass is 9.77. The first-order chi connectivity index (χ1) is 9.91. The highest BCUT2D eigenvalue weighted by molar-refractivity contribution is 5.74. The highest BCUT2D eigenvalue weighted by atomic mass is 19.3. The van der Waals surface area contributed by atoms with Gasteiger partial charge in [0.1, 0.15) is 11.6 Å². The third-order valence-electron chi connectivity index (χ3n) is 3.98. The largest absolute Gasteiger partial charge is 0.281 e. The molecule has 1 aromatic carbocycles. The molecule has 1 aliphatic carbocycles. The van der Waals surface area contributed by atoms with Gasteiger partial charge in [0.05, 0.1) is 5.56 Å². The molecule has 21 heavy (non-hydrogen) atoms. The van der Waals surface area contributed by atoms with E-state index in [-0.39, 0.29) is 5.56 Å². The van der Waals surface area contributed by atoms with Crippen LogP contribution in [-0.2, 0) is 5.92 Å². The van der Waals surface area contributed by atoms with Crippen molar-refractivity contribution in [2.75, 3.05) is 0 Å². The summed E-state index contributed by atoms with van der Waals surface area (Å²) in [6.07, 6.45) is 6.39. The lowest BCUT2D eigenvalue weighted by Gasteiger charge is -2.34. The number of allylic oxidation sites excluding steroid dienone is 4. The van der Waals surface area contributed by atoms with Crippen LogP contribution in [0.1, 0.15) is 44.2 Å². The van der Waals surface area contributed by atoms with Crippen molar-refractivity contribution in [3.63, 3.8) is 0 Å². The highest BCUT2D eigenvalue weighted by Gasteiger charge is 2.47. The van der Waals surface area contributed by atoms with Gasteiger partial charge in [0.15, 0.2) is 0 Å². The molecule has 0 aromatic heterocycles. The summed E-state index contributed by atoms with van der Waals surface area (Å²) in [5.74, 6) is -6.75. The molecule has 0 aliphatic heterocycles. The molecule has 0 heterocycles. The molecule has 0 N–H and O–H groups in total. The van der Waals surface area contributed by atoms with E-state index in [1.54, 1.807) is 32.1 Å². The Hall–Kier alpha value is -1.58. The van der Waals surface area contributed by atoms with Crippen LogP contribution in [0.4, 0.5) is 17.6 Å². The standard InChI is InChI=1S/C17H18F4/c1-3-6-11(4-2)12-9-14(18)16(15(19)10-12)17(20,21)13-7-5-8-13/h3-4,6,9-10,13H,5,7-8H2,1-2H3/b6-3-,11-4+. The quantitative estimate of drug-likeness (QED) is 0.484. The average molecular weight is 298 g/mol. The summed E-state index contributed by atoms with van der Waals surface area (Å²) in [4.78, 5) is 0. The van der Waals surface area contributed by atoms with E-state index in [0.29, 0.717) is 24.8 Å². The lowest BCUT2D eigenvalue weighted by Crippen LogP contribution is -2.33. The Labute approximate surface area is 122 Å². The van der Waals surface area contributed by atoms with Gasteiger partial charge in [-0.1, -0.05) is 24.6 Å². The van der Waals surface area contributed by atoms with E-state index < -0.39 is 29.0 Å². The molecule has 0 atom stereocenters. The zero-order valence-corrected chi connectivity index (χ0v) is 12.1. The summed E-state index contributed by atoms with van der Waals surface area (Å²) in [5, 5.41) is 0. The van der Waals surface area contributed by atoms with Crippen molar-refractivity contribution < 1.29 is 17.6 Å². The molecule has 4 heteroatoms. The monoisotopic (exact) mass is 298 g/mol. The van der Waals surface area contributed by atoms with Crippen LogP contribution in [0.3, 0.4) is 0 Å². The molecule has 0 bridgehead atoms. The van der Waals surface area contributed by atoms with Crippen LogP contribution >= 0.6 is 0 Å². The Bertz CT molecular complexity index is 557. The molecule has 1 aliphatic rings. The Morgan fingerprint density at radius 1 is 1.14 bits per heavy atom. The predicted octanol–water partition coefficient (Wildman–Crippen LogP) is 5.84. The second-order valence-corrected chi connectivity index (χ2v) is 5.31. The van der Waals surface area contributed by atoms with E-state index in [1.165, 1.54) is 0 Å². The Kier molecular flexibility index (Phi) is 4.55. The SMILES string of the molecule is C/C=C\C(=C/C)c1cc(F)c(C(F)(F)C2CCC2)c(F)c1. The van der Waals surface area contributed by atoms with Crippen LogP contribution in [0.25, 0.3) is 5.57 Å². The minimum atomic E-state index is -3.44. The van der Waals surface area contributed by atoms with Crippen molar-refractivity contribution in [3.8, 4) is 0 Å². The summed E-state index contributed by atoms with van der Waals surface area (Å²) in [6, 6.07) is 1.97. The Morgan fingerprint density at radius 2 is 1.71 bits per heavy atom. The van der Waals surface area contributed by atoms with E-state index in [9.17, 15) is 17.6 Å². The van der Waals surface area contributed by atoms with Gasteiger partial charge >= 0.3 is 0 Å². The first kappa shape index (κ1) is 15.8.